The van der Waals surface area contributed by atoms with Crippen molar-refractivity contribution in [3.63, 3.8) is 0 Å². The lowest BCUT2D eigenvalue weighted by Gasteiger charge is -2.37. The molecule has 21 heavy (non-hydrogen) atoms. The zero-order chi connectivity index (χ0) is 15.5. The highest BCUT2D eigenvalue weighted by molar-refractivity contribution is 9.10. The summed E-state index contributed by atoms with van der Waals surface area (Å²) in [5.74, 6) is -1.03. The lowest BCUT2D eigenvalue weighted by molar-refractivity contribution is -0.145. The third-order valence-corrected chi connectivity index (χ3v) is 4.66. The van der Waals surface area contributed by atoms with Crippen LogP contribution in [0.15, 0.2) is 28.7 Å². The molecule has 4 nitrogen and oxygen atoms in total. The van der Waals surface area contributed by atoms with Crippen LogP contribution in [0.4, 0.5) is 0 Å². The Labute approximate surface area is 133 Å². The van der Waals surface area contributed by atoms with E-state index in [-0.39, 0.29) is 5.92 Å². The molecule has 116 valence electrons. The lowest BCUT2D eigenvalue weighted by Crippen LogP contribution is -2.44. The molecule has 0 radical (unpaired) electrons. The molecule has 1 fully saturated rings. The molecular formula is C16H22BrNO3. The maximum Gasteiger partial charge on any atom is 0.306 e. The highest BCUT2D eigenvalue weighted by atomic mass is 79.9. The molecule has 0 amide bonds. The van der Waals surface area contributed by atoms with Crippen molar-refractivity contribution in [1.29, 1.82) is 0 Å². The number of aliphatic carboxylic acids is 1. The van der Waals surface area contributed by atoms with Gasteiger partial charge in [0, 0.05) is 17.6 Å². The summed E-state index contributed by atoms with van der Waals surface area (Å²) >= 11 is 3.46. The van der Waals surface area contributed by atoms with Crippen LogP contribution < -0.4 is 0 Å². The van der Waals surface area contributed by atoms with Crippen LogP contribution in [0.2, 0.25) is 0 Å². The van der Waals surface area contributed by atoms with E-state index in [4.69, 9.17) is 5.11 Å². The third-order valence-electron chi connectivity index (χ3n) is 4.17. The van der Waals surface area contributed by atoms with Crippen LogP contribution in [-0.4, -0.2) is 40.3 Å². The van der Waals surface area contributed by atoms with Crippen molar-refractivity contribution in [1.82, 2.24) is 4.90 Å². The van der Waals surface area contributed by atoms with Crippen LogP contribution in [0.25, 0.3) is 0 Å². The topological polar surface area (TPSA) is 60.8 Å². The second-order valence-corrected chi connectivity index (χ2v) is 7.05. The van der Waals surface area contributed by atoms with Gasteiger partial charge in [-0.3, -0.25) is 9.69 Å². The second-order valence-electron chi connectivity index (χ2n) is 6.14. The second kappa shape index (κ2) is 6.90. The standard InChI is InChI=1S/C16H22BrNO3/c1-18(10-12-3-2-4-14(17)9-12)11-16(21)7-5-13(6-8-16)15(19)20/h2-4,9,13,21H,5-8,10-11H2,1H3,(H,19,20). The number of rotatable bonds is 5. The van der Waals surface area contributed by atoms with Gasteiger partial charge >= 0.3 is 5.97 Å². The van der Waals surface area contributed by atoms with E-state index in [0.717, 1.165) is 11.0 Å². The number of carboxylic acids is 1. The number of carboxylic acid groups (broad SMARTS) is 1. The Morgan fingerprint density at radius 1 is 1.43 bits per heavy atom. The first-order valence-electron chi connectivity index (χ1n) is 7.26. The summed E-state index contributed by atoms with van der Waals surface area (Å²) < 4.78 is 1.05. The number of nitrogens with zero attached hydrogens (tertiary/aromatic N) is 1. The highest BCUT2D eigenvalue weighted by Crippen LogP contribution is 2.33. The summed E-state index contributed by atoms with van der Waals surface area (Å²) in [6.07, 6.45) is 2.26. The first-order chi connectivity index (χ1) is 9.88. The molecule has 0 bridgehead atoms. The summed E-state index contributed by atoms with van der Waals surface area (Å²) in [7, 11) is 1.99. The van der Waals surface area contributed by atoms with Crippen molar-refractivity contribution < 1.29 is 15.0 Å². The van der Waals surface area contributed by atoms with E-state index in [0.29, 0.717) is 32.2 Å². The first-order valence-corrected chi connectivity index (χ1v) is 8.05. The molecule has 1 aliphatic carbocycles. The zero-order valence-corrected chi connectivity index (χ0v) is 13.8. The van der Waals surface area contributed by atoms with E-state index in [2.05, 4.69) is 33.0 Å². The number of aliphatic hydroxyl groups is 1. The molecular weight excluding hydrogens is 334 g/mol. The van der Waals surface area contributed by atoms with Crippen LogP contribution in [0.5, 0.6) is 0 Å². The van der Waals surface area contributed by atoms with Crippen molar-refractivity contribution in [2.75, 3.05) is 13.6 Å². The van der Waals surface area contributed by atoms with E-state index in [1.54, 1.807) is 0 Å². The van der Waals surface area contributed by atoms with Gasteiger partial charge in [0.1, 0.15) is 0 Å². The molecule has 2 N–H and O–H groups in total. The van der Waals surface area contributed by atoms with Crippen molar-refractivity contribution in [3.05, 3.63) is 34.3 Å². The van der Waals surface area contributed by atoms with E-state index >= 15 is 0 Å². The lowest BCUT2D eigenvalue weighted by atomic mass is 9.78. The predicted octanol–water partition coefficient (Wildman–Crippen LogP) is 2.89. The maximum atomic E-state index is 11.0. The number of halogens is 1. The number of likely N-dealkylation sites (N-methyl/N-ethyl adjacent to an activating group) is 1. The summed E-state index contributed by atoms with van der Waals surface area (Å²) in [5.41, 5.74) is 0.432. The first kappa shape index (κ1) is 16.5. The van der Waals surface area contributed by atoms with Gasteiger partial charge in [-0.05, 0) is 50.4 Å². The fourth-order valence-corrected chi connectivity index (χ4v) is 3.51. The van der Waals surface area contributed by atoms with E-state index < -0.39 is 11.6 Å². The summed E-state index contributed by atoms with van der Waals surface area (Å²) in [4.78, 5) is 13.1. The van der Waals surface area contributed by atoms with Gasteiger partial charge in [-0.25, -0.2) is 0 Å². The number of hydrogen-bond donors (Lipinski definition) is 2. The minimum Gasteiger partial charge on any atom is -0.481 e. The van der Waals surface area contributed by atoms with Crippen LogP contribution in [-0.2, 0) is 11.3 Å². The number of hydrogen-bond acceptors (Lipinski definition) is 3. The summed E-state index contributed by atoms with van der Waals surface area (Å²) in [5, 5.41) is 19.6. The number of benzene rings is 1. The average Bonchev–Trinajstić information content (AvgIpc) is 2.38. The molecule has 0 saturated heterocycles. The largest absolute Gasteiger partial charge is 0.481 e. The van der Waals surface area contributed by atoms with Gasteiger partial charge in [0.15, 0.2) is 0 Å². The Hall–Kier alpha value is -0.910. The smallest absolute Gasteiger partial charge is 0.306 e. The van der Waals surface area contributed by atoms with Crippen LogP contribution in [0.3, 0.4) is 0 Å². The van der Waals surface area contributed by atoms with Crippen LogP contribution in [0.1, 0.15) is 31.2 Å². The molecule has 0 atom stereocenters. The van der Waals surface area contributed by atoms with Gasteiger partial charge in [-0.2, -0.15) is 0 Å². The Bertz CT molecular complexity index is 498. The van der Waals surface area contributed by atoms with E-state index in [1.807, 2.05) is 19.2 Å². The Balaban J connectivity index is 1.87. The van der Waals surface area contributed by atoms with Crippen LogP contribution >= 0.6 is 15.9 Å². The van der Waals surface area contributed by atoms with Gasteiger partial charge in [-0.1, -0.05) is 28.1 Å². The molecule has 0 aliphatic heterocycles. The molecule has 5 heteroatoms. The van der Waals surface area contributed by atoms with Crippen LogP contribution in [0, 0.1) is 5.92 Å². The predicted molar refractivity (Wildman–Crippen MR) is 85.0 cm³/mol. The molecule has 0 aromatic heterocycles. The van der Waals surface area contributed by atoms with E-state index in [1.165, 1.54) is 5.56 Å². The highest BCUT2D eigenvalue weighted by Gasteiger charge is 2.36. The maximum absolute atomic E-state index is 11.0. The fraction of sp³-hybridized carbons (Fsp3) is 0.562. The van der Waals surface area contributed by atoms with Crippen molar-refractivity contribution in [2.45, 2.75) is 37.8 Å². The minimum absolute atomic E-state index is 0.291. The molecule has 1 aromatic rings. The average molecular weight is 356 g/mol. The van der Waals surface area contributed by atoms with Crippen molar-refractivity contribution in [3.8, 4) is 0 Å². The van der Waals surface area contributed by atoms with Crippen molar-refractivity contribution in [2.24, 2.45) is 5.92 Å². The normalized spacial score (nSPS) is 26.0. The Kier molecular flexibility index (Phi) is 5.41. The zero-order valence-electron chi connectivity index (χ0n) is 12.3. The molecule has 1 aliphatic rings. The van der Waals surface area contributed by atoms with Gasteiger partial charge in [0.25, 0.3) is 0 Å². The quantitative estimate of drug-likeness (QED) is 0.852. The third kappa shape index (κ3) is 4.80. The molecule has 0 heterocycles. The number of carbonyl (C=O) groups is 1. The molecule has 0 unspecified atom stereocenters. The molecule has 2 rings (SSSR count). The van der Waals surface area contributed by atoms with Gasteiger partial charge in [0.2, 0.25) is 0 Å². The fourth-order valence-electron chi connectivity index (χ4n) is 3.07. The van der Waals surface area contributed by atoms with E-state index in [9.17, 15) is 9.90 Å². The molecule has 0 spiro atoms. The minimum atomic E-state index is -0.757. The Morgan fingerprint density at radius 3 is 2.67 bits per heavy atom. The van der Waals surface area contributed by atoms with Gasteiger partial charge < -0.3 is 10.2 Å². The van der Waals surface area contributed by atoms with Crippen molar-refractivity contribution >= 4 is 21.9 Å². The summed E-state index contributed by atoms with van der Waals surface area (Å²) in [6.45, 7) is 1.34. The monoisotopic (exact) mass is 355 g/mol. The van der Waals surface area contributed by atoms with Gasteiger partial charge in [-0.15, -0.1) is 0 Å². The molecule has 1 saturated carbocycles. The van der Waals surface area contributed by atoms with Gasteiger partial charge in [0.05, 0.1) is 11.5 Å². The summed E-state index contributed by atoms with van der Waals surface area (Å²) in [6, 6.07) is 8.12. The SMILES string of the molecule is CN(Cc1cccc(Br)c1)CC1(O)CCC(C(=O)O)CC1. The Morgan fingerprint density at radius 2 is 2.10 bits per heavy atom. The molecule has 1 aromatic carbocycles.